The Labute approximate surface area is 126 Å². The van der Waals surface area contributed by atoms with Crippen LogP contribution in [-0.4, -0.2) is 24.5 Å². The van der Waals surface area contributed by atoms with E-state index in [1.165, 1.54) is 0 Å². The fourth-order valence-electron chi connectivity index (χ4n) is 1.93. The van der Waals surface area contributed by atoms with Crippen molar-refractivity contribution < 1.29 is 14.3 Å². The van der Waals surface area contributed by atoms with E-state index in [1.807, 2.05) is 13.8 Å². The maximum Gasteiger partial charge on any atom is 0.338 e. The van der Waals surface area contributed by atoms with Gasteiger partial charge in [-0.2, -0.15) is 0 Å². The molecule has 4 nitrogen and oxygen atoms in total. The summed E-state index contributed by atoms with van der Waals surface area (Å²) in [6.07, 6.45) is 1.85. The molecule has 4 heteroatoms. The van der Waals surface area contributed by atoms with Crippen LogP contribution in [-0.2, 0) is 4.74 Å². The van der Waals surface area contributed by atoms with Crippen LogP contribution in [0.15, 0.2) is 24.3 Å². The molecule has 0 saturated heterocycles. The van der Waals surface area contributed by atoms with Crippen LogP contribution in [0.3, 0.4) is 0 Å². The number of amides is 1. The van der Waals surface area contributed by atoms with E-state index < -0.39 is 5.97 Å². The molecule has 0 atom stereocenters. The van der Waals surface area contributed by atoms with Crippen molar-refractivity contribution in [1.82, 2.24) is 5.32 Å². The van der Waals surface area contributed by atoms with Crippen molar-refractivity contribution in [2.24, 2.45) is 5.92 Å². The van der Waals surface area contributed by atoms with E-state index in [0.29, 0.717) is 23.7 Å². The molecule has 1 aromatic carbocycles. The molecule has 0 saturated carbocycles. The minimum atomic E-state index is -0.437. The van der Waals surface area contributed by atoms with Crippen molar-refractivity contribution in [3.8, 4) is 0 Å². The lowest BCUT2D eigenvalue weighted by molar-refractivity contribution is 0.0491. The fourth-order valence-corrected chi connectivity index (χ4v) is 1.93. The van der Waals surface area contributed by atoms with Gasteiger partial charge in [0.05, 0.1) is 17.7 Å². The van der Waals surface area contributed by atoms with Gasteiger partial charge in [0.25, 0.3) is 5.91 Å². The summed E-state index contributed by atoms with van der Waals surface area (Å²) in [5, 5.41) is 2.79. The average molecular weight is 291 g/mol. The van der Waals surface area contributed by atoms with Gasteiger partial charge in [0.15, 0.2) is 0 Å². The summed E-state index contributed by atoms with van der Waals surface area (Å²) in [7, 11) is 0. The molecule has 0 bridgehead atoms. The third-order valence-electron chi connectivity index (χ3n) is 2.97. The predicted octanol–water partition coefficient (Wildman–Crippen LogP) is 3.42. The summed E-state index contributed by atoms with van der Waals surface area (Å²) in [6.45, 7) is 8.41. The van der Waals surface area contributed by atoms with Crippen molar-refractivity contribution in [3.63, 3.8) is 0 Å². The molecule has 1 amide bonds. The van der Waals surface area contributed by atoms with Gasteiger partial charge in [0.2, 0.25) is 0 Å². The van der Waals surface area contributed by atoms with Crippen LogP contribution in [0, 0.1) is 5.92 Å². The molecule has 0 aromatic heterocycles. The molecule has 1 aromatic rings. The van der Waals surface area contributed by atoms with Crippen LogP contribution in [0.1, 0.15) is 61.3 Å². The Balaban J connectivity index is 2.69. The SMILES string of the molecule is CC(C)CCCOC(=O)c1ccccc1C(=O)NC(C)C. The van der Waals surface area contributed by atoms with E-state index in [9.17, 15) is 9.59 Å². The first-order valence-corrected chi connectivity index (χ1v) is 7.48. The number of hydrogen-bond donors (Lipinski definition) is 1. The number of hydrogen-bond acceptors (Lipinski definition) is 3. The molecular formula is C17H25NO3. The number of rotatable bonds is 7. The molecule has 0 fully saturated rings. The zero-order valence-electron chi connectivity index (χ0n) is 13.3. The van der Waals surface area contributed by atoms with Crippen molar-refractivity contribution in [1.29, 1.82) is 0 Å². The van der Waals surface area contributed by atoms with Crippen LogP contribution in [0.4, 0.5) is 0 Å². The highest BCUT2D eigenvalue weighted by atomic mass is 16.5. The predicted molar refractivity (Wildman–Crippen MR) is 83.4 cm³/mol. The van der Waals surface area contributed by atoms with E-state index >= 15 is 0 Å². The van der Waals surface area contributed by atoms with Crippen molar-refractivity contribution in [2.45, 2.75) is 46.6 Å². The highest BCUT2D eigenvalue weighted by molar-refractivity contribution is 6.05. The normalized spacial score (nSPS) is 10.8. The Morgan fingerprint density at radius 3 is 2.29 bits per heavy atom. The van der Waals surface area contributed by atoms with Crippen molar-refractivity contribution in [3.05, 3.63) is 35.4 Å². The molecule has 21 heavy (non-hydrogen) atoms. The molecule has 1 N–H and O–H groups in total. The number of carbonyl (C=O) groups is 2. The Bertz CT molecular complexity index is 481. The van der Waals surface area contributed by atoms with Gasteiger partial charge in [0.1, 0.15) is 0 Å². The quantitative estimate of drug-likeness (QED) is 0.618. The summed E-state index contributed by atoms with van der Waals surface area (Å²) in [6, 6.07) is 6.76. The molecule has 1 rings (SSSR count). The summed E-state index contributed by atoms with van der Waals surface area (Å²) in [5.41, 5.74) is 0.681. The Morgan fingerprint density at radius 1 is 1.10 bits per heavy atom. The van der Waals surface area contributed by atoms with Crippen molar-refractivity contribution >= 4 is 11.9 Å². The first kappa shape index (κ1) is 17.2. The van der Waals surface area contributed by atoms with Crippen LogP contribution in [0.2, 0.25) is 0 Å². The maximum absolute atomic E-state index is 12.1. The zero-order valence-corrected chi connectivity index (χ0v) is 13.3. The van der Waals surface area contributed by atoms with Crippen LogP contribution >= 0.6 is 0 Å². The van der Waals surface area contributed by atoms with Gasteiger partial charge in [-0.25, -0.2) is 4.79 Å². The van der Waals surface area contributed by atoms with Gasteiger partial charge >= 0.3 is 5.97 Å². The summed E-state index contributed by atoms with van der Waals surface area (Å²) in [5.74, 6) is -0.0965. The van der Waals surface area contributed by atoms with Crippen molar-refractivity contribution in [2.75, 3.05) is 6.61 Å². The number of carbonyl (C=O) groups excluding carboxylic acids is 2. The standard InChI is InChI=1S/C17H25NO3/c1-12(2)8-7-11-21-17(20)15-10-6-5-9-14(15)16(19)18-13(3)4/h5-6,9-10,12-13H,7-8,11H2,1-4H3,(H,18,19). The maximum atomic E-state index is 12.1. The Hall–Kier alpha value is -1.84. The van der Waals surface area contributed by atoms with Crippen LogP contribution in [0.5, 0.6) is 0 Å². The van der Waals surface area contributed by atoms with E-state index in [0.717, 1.165) is 12.8 Å². The third-order valence-corrected chi connectivity index (χ3v) is 2.97. The topological polar surface area (TPSA) is 55.4 Å². The van der Waals surface area contributed by atoms with Gasteiger partial charge in [0, 0.05) is 6.04 Å². The average Bonchev–Trinajstić information content (AvgIpc) is 2.42. The molecule has 0 aliphatic carbocycles. The molecular weight excluding hydrogens is 266 g/mol. The highest BCUT2D eigenvalue weighted by Crippen LogP contribution is 2.12. The molecule has 0 spiro atoms. The summed E-state index contributed by atoms with van der Waals surface area (Å²) in [4.78, 5) is 24.2. The van der Waals surface area contributed by atoms with Gasteiger partial charge < -0.3 is 10.1 Å². The molecule has 0 unspecified atom stereocenters. The monoisotopic (exact) mass is 291 g/mol. The minimum Gasteiger partial charge on any atom is -0.462 e. The summed E-state index contributed by atoms with van der Waals surface area (Å²) >= 11 is 0. The molecule has 0 aliphatic rings. The molecule has 0 aliphatic heterocycles. The third kappa shape index (κ3) is 5.98. The number of esters is 1. The largest absolute Gasteiger partial charge is 0.462 e. The lowest BCUT2D eigenvalue weighted by Gasteiger charge is -2.12. The zero-order chi connectivity index (χ0) is 15.8. The lowest BCUT2D eigenvalue weighted by Crippen LogP contribution is -2.31. The van der Waals surface area contributed by atoms with Crippen LogP contribution in [0.25, 0.3) is 0 Å². The van der Waals surface area contributed by atoms with Crippen LogP contribution < -0.4 is 5.32 Å². The van der Waals surface area contributed by atoms with E-state index in [1.54, 1.807) is 24.3 Å². The minimum absolute atomic E-state index is 0.0209. The van der Waals surface area contributed by atoms with E-state index in [-0.39, 0.29) is 11.9 Å². The first-order valence-electron chi connectivity index (χ1n) is 7.48. The Morgan fingerprint density at radius 2 is 1.71 bits per heavy atom. The smallest absolute Gasteiger partial charge is 0.338 e. The Kier molecular flexibility index (Phi) is 6.92. The van der Waals surface area contributed by atoms with E-state index in [2.05, 4.69) is 19.2 Å². The van der Waals surface area contributed by atoms with Gasteiger partial charge in [-0.15, -0.1) is 0 Å². The van der Waals surface area contributed by atoms with Gasteiger partial charge in [-0.1, -0.05) is 26.0 Å². The summed E-state index contributed by atoms with van der Waals surface area (Å²) < 4.78 is 5.26. The number of nitrogens with one attached hydrogen (secondary N) is 1. The lowest BCUT2D eigenvalue weighted by atomic mass is 10.1. The van der Waals surface area contributed by atoms with Gasteiger partial charge in [-0.05, 0) is 44.7 Å². The fraction of sp³-hybridized carbons (Fsp3) is 0.529. The molecule has 116 valence electrons. The second kappa shape index (κ2) is 8.45. The second-order valence-electron chi connectivity index (χ2n) is 5.85. The van der Waals surface area contributed by atoms with Gasteiger partial charge in [-0.3, -0.25) is 4.79 Å². The van der Waals surface area contributed by atoms with E-state index in [4.69, 9.17) is 4.74 Å². The first-order chi connectivity index (χ1) is 9.91. The number of ether oxygens (including phenoxy) is 1. The molecule has 0 heterocycles. The highest BCUT2D eigenvalue weighted by Gasteiger charge is 2.18. The number of benzene rings is 1. The second-order valence-corrected chi connectivity index (χ2v) is 5.85. The molecule has 0 radical (unpaired) electrons.